The van der Waals surface area contributed by atoms with Gasteiger partial charge in [-0.25, -0.2) is 4.39 Å². The number of alkyl halides is 3. The number of nitrogens with zero attached hydrogens (tertiary/aromatic N) is 1. The summed E-state index contributed by atoms with van der Waals surface area (Å²) < 4.78 is 61.3. The van der Waals surface area contributed by atoms with Crippen molar-refractivity contribution in [2.45, 2.75) is 26.1 Å². The predicted octanol–water partition coefficient (Wildman–Crippen LogP) is 5.90. The summed E-state index contributed by atoms with van der Waals surface area (Å²) in [5, 5.41) is 2.96. The van der Waals surface area contributed by atoms with Gasteiger partial charge in [0.2, 0.25) is 0 Å². The average molecular weight is 489 g/mol. The molecular weight excluding hydrogens is 472 g/mol. The summed E-state index contributed by atoms with van der Waals surface area (Å²) in [6.45, 7) is 3.57. The fourth-order valence-electron chi connectivity index (χ4n) is 2.63. The molecule has 0 amide bonds. The van der Waals surface area contributed by atoms with Gasteiger partial charge in [-0.3, -0.25) is 14.2 Å². The van der Waals surface area contributed by atoms with Crippen molar-refractivity contribution < 1.29 is 22.3 Å². The van der Waals surface area contributed by atoms with E-state index < -0.39 is 23.1 Å². The van der Waals surface area contributed by atoms with E-state index in [-0.39, 0.29) is 44.7 Å². The van der Waals surface area contributed by atoms with E-state index in [4.69, 9.17) is 22.1 Å². The Hall–Kier alpha value is -3.05. The predicted molar refractivity (Wildman–Crippen MR) is 117 cm³/mol. The number of nitrogens with one attached hydrogen (secondary N) is 2. The largest absolute Gasteiger partial charge is 0.456 e. The van der Waals surface area contributed by atoms with Crippen molar-refractivity contribution in [2.75, 3.05) is 5.32 Å². The van der Waals surface area contributed by atoms with E-state index >= 15 is 0 Å². The number of H-pyrrole nitrogens is 1. The maximum Gasteiger partial charge on any atom is 0.416 e. The number of nitrogens with two attached hydrogens (primary N) is 1. The number of hydrogen-bond acceptors (Lipinski definition) is 5. The van der Waals surface area contributed by atoms with E-state index in [1.807, 2.05) is 0 Å². The molecule has 0 spiro atoms. The molecule has 32 heavy (non-hydrogen) atoms. The zero-order chi connectivity index (χ0) is 23.6. The Morgan fingerprint density at radius 3 is 2.59 bits per heavy atom. The van der Waals surface area contributed by atoms with Crippen LogP contribution in [-0.4, -0.2) is 16.3 Å². The molecule has 0 radical (unpaired) electrons. The third-order valence-electron chi connectivity index (χ3n) is 4.03. The minimum atomic E-state index is -4.59. The Morgan fingerprint density at radius 2 is 1.97 bits per heavy atom. The van der Waals surface area contributed by atoms with Crippen LogP contribution < -0.4 is 21.3 Å². The minimum Gasteiger partial charge on any atom is -0.456 e. The molecule has 3 rings (SSSR count). The molecule has 0 bridgehead atoms. The van der Waals surface area contributed by atoms with Crippen LogP contribution in [0.2, 0.25) is 5.02 Å². The number of rotatable bonds is 6. The first-order valence-corrected chi connectivity index (χ1v) is 10.3. The summed E-state index contributed by atoms with van der Waals surface area (Å²) in [5.74, 6) is -1.12. The van der Waals surface area contributed by atoms with Crippen molar-refractivity contribution in [3.05, 3.63) is 68.7 Å². The van der Waals surface area contributed by atoms with Crippen molar-refractivity contribution in [1.29, 1.82) is 0 Å². The van der Waals surface area contributed by atoms with Crippen LogP contribution >= 0.6 is 23.1 Å². The number of aromatic amines is 1. The second kappa shape index (κ2) is 9.21. The van der Waals surface area contributed by atoms with Gasteiger partial charge in [0.05, 0.1) is 16.3 Å². The van der Waals surface area contributed by atoms with E-state index in [1.54, 1.807) is 13.8 Å². The summed E-state index contributed by atoms with van der Waals surface area (Å²) in [6.07, 6.45) is -4.59. The molecule has 0 aliphatic rings. The first kappa shape index (κ1) is 23.6. The van der Waals surface area contributed by atoms with Gasteiger partial charge in [-0.05, 0) is 55.7 Å². The lowest BCUT2D eigenvalue weighted by molar-refractivity contribution is -0.137. The van der Waals surface area contributed by atoms with E-state index in [0.717, 1.165) is 35.8 Å². The fraction of sp³-hybridized carbons (Fsp3) is 0.200. The lowest BCUT2D eigenvalue weighted by atomic mass is 10.2. The molecule has 0 unspecified atom stereocenters. The molecule has 170 valence electrons. The Labute approximate surface area is 188 Å². The van der Waals surface area contributed by atoms with Gasteiger partial charge in [0, 0.05) is 12.1 Å². The highest BCUT2D eigenvalue weighted by Gasteiger charge is 2.31. The van der Waals surface area contributed by atoms with Crippen LogP contribution in [0.25, 0.3) is 0 Å². The first-order chi connectivity index (χ1) is 15.0. The summed E-state index contributed by atoms with van der Waals surface area (Å²) in [7, 11) is 0. The van der Waals surface area contributed by atoms with Gasteiger partial charge >= 0.3 is 6.18 Å². The summed E-state index contributed by atoms with van der Waals surface area (Å²) in [4.78, 5) is 16.2. The minimum absolute atomic E-state index is 0.00421. The quantitative estimate of drug-likeness (QED) is 0.229. The lowest BCUT2D eigenvalue weighted by Gasteiger charge is -2.13. The molecule has 6 nitrogen and oxygen atoms in total. The van der Waals surface area contributed by atoms with Crippen LogP contribution in [0.3, 0.4) is 0 Å². The number of ether oxygens (including phenoxy) is 1. The van der Waals surface area contributed by atoms with E-state index in [0.29, 0.717) is 0 Å². The molecule has 0 atom stereocenters. The molecule has 3 aromatic rings. The molecule has 0 aliphatic carbocycles. The van der Waals surface area contributed by atoms with Gasteiger partial charge in [-0.1, -0.05) is 11.6 Å². The van der Waals surface area contributed by atoms with Crippen LogP contribution in [-0.2, 0) is 6.18 Å². The molecule has 0 fully saturated rings. The van der Waals surface area contributed by atoms with E-state index in [1.165, 1.54) is 12.1 Å². The van der Waals surface area contributed by atoms with Crippen molar-refractivity contribution in [2.24, 2.45) is 10.7 Å². The summed E-state index contributed by atoms with van der Waals surface area (Å²) >= 11 is 6.82. The third-order valence-corrected chi connectivity index (χ3v) is 5.14. The average Bonchev–Trinajstić information content (AvgIpc) is 3.04. The highest BCUT2D eigenvalue weighted by Crippen LogP contribution is 2.37. The molecular formula is C20H17ClF4N4O2S. The molecule has 0 saturated carbocycles. The fourth-order valence-corrected chi connectivity index (χ4v) is 3.55. The van der Waals surface area contributed by atoms with Crippen molar-refractivity contribution >= 4 is 39.7 Å². The van der Waals surface area contributed by atoms with Gasteiger partial charge in [0.25, 0.3) is 5.56 Å². The smallest absolute Gasteiger partial charge is 0.416 e. The highest BCUT2D eigenvalue weighted by atomic mass is 35.5. The summed E-state index contributed by atoms with van der Waals surface area (Å²) in [6, 6.07) is 6.05. The Kier molecular flexibility index (Phi) is 6.79. The molecule has 0 aliphatic heterocycles. The summed E-state index contributed by atoms with van der Waals surface area (Å²) in [5.41, 5.74) is 4.54. The standard InChI is InChI=1S/C20H17ClF4N4O2S/c1-9(2)27-17(26)16-18(30)29-32-19(16)28-14-6-4-11(8-13(14)22)31-15-7-10(20(23,24)25)3-5-12(15)21/h3-9,28H,1-2H3,(H2,26,27)(H,29,30). The SMILES string of the molecule is CC(C)N=C(N)c1c(Nc2ccc(Oc3cc(C(F)(F)F)ccc3Cl)cc2F)s[nH]c1=O. The Bertz CT molecular complexity index is 1220. The molecule has 2 aromatic carbocycles. The van der Waals surface area contributed by atoms with Crippen molar-refractivity contribution in [3.63, 3.8) is 0 Å². The number of amidine groups is 1. The molecule has 0 saturated heterocycles. The zero-order valence-corrected chi connectivity index (χ0v) is 18.3. The van der Waals surface area contributed by atoms with Crippen LogP contribution in [0, 0.1) is 5.82 Å². The van der Waals surface area contributed by atoms with Gasteiger partial charge in [-0.2, -0.15) is 13.2 Å². The second-order valence-corrected chi connectivity index (χ2v) is 8.08. The van der Waals surface area contributed by atoms with Crippen molar-refractivity contribution in [3.8, 4) is 11.5 Å². The maximum atomic E-state index is 14.7. The molecule has 12 heteroatoms. The highest BCUT2D eigenvalue weighted by molar-refractivity contribution is 7.10. The molecule has 1 heterocycles. The number of aliphatic imine (C=N–C) groups is 1. The number of hydrogen-bond donors (Lipinski definition) is 3. The van der Waals surface area contributed by atoms with Gasteiger partial charge in [0.15, 0.2) is 0 Å². The molecule has 1 aromatic heterocycles. The molecule has 4 N–H and O–H groups in total. The van der Waals surface area contributed by atoms with E-state index in [9.17, 15) is 22.4 Å². The second-order valence-electron chi connectivity index (χ2n) is 6.86. The maximum absolute atomic E-state index is 14.7. The Balaban J connectivity index is 1.86. The normalized spacial score (nSPS) is 12.3. The monoisotopic (exact) mass is 488 g/mol. The van der Waals surface area contributed by atoms with Crippen LogP contribution in [0.4, 0.5) is 28.3 Å². The zero-order valence-electron chi connectivity index (χ0n) is 16.7. The number of anilines is 2. The topological polar surface area (TPSA) is 92.5 Å². The van der Waals surface area contributed by atoms with Gasteiger partial charge < -0.3 is 15.8 Å². The van der Waals surface area contributed by atoms with Gasteiger partial charge in [-0.15, -0.1) is 0 Å². The first-order valence-electron chi connectivity index (χ1n) is 9.12. The van der Waals surface area contributed by atoms with Crippen LogP contribution in [0.15, 0.2) is 46.2 Å². The Morgan fingerprint density at radius 1 is 1.25 bits per heavy atom. The van der Waals surface area contributed by atoms with Gasteiger partial charge in [0.1, 0.15) is 33.7 Å². The number of aromatic nitrogens is 1. The third kappa shape index (κ3) is 5.40. The lowest BCUT2D eigenvalue weighted by Crippen LogP contribution is -2.23. The van der Waals surface area contributed by atoms with Crippen LogP contribution in [0.1, 0.15) is 25.0 Å². The number of halogens is 5. The number of benzene rings is 2. The van der Waals surface area contributed by atoms with E-state index in [2.05, 4.69) is 14.7 Å². The van der Waals surface area contributed by atoms with Crippen LogP contribution in [0.5, 0.6) is 11.5 Å². The van der Waals surface area contributed by atoms with Crippen molar-refractivity contribution in [1.82, 2.24) is 4.37 Å².